The molecule has 0 radical (unpaired) electrons. The van der Waals surface area contributed by atoms with Crippen molar-refractivity contribution in [2.45, 2.75) is 20.5 Å². The number of hydrogen-bond donors (Lipinski definition) is 0. The number of rotatable bonds is 4. The first-order chi connectivity index (χ1) is 10.2. The predicted molar refractivity (Wildman–Crippen MR) is 87.8 cm³/mol. The van der Waals surface area contributed by atoms with Gasteiger partial charge in [-0.25, -0.2) is 4.98 Å². The van der Waals surface area contributed by atoms with E-state index in [2.05, 4.69) is 48.5 Å². The van der Waals surface area contributed by atoms with Crippen LogP contribution >= 0.6 is 11.3 Å². The molecule has 0 bridgehead atoms. The van der Waals surface area contributed by atoms with E-state index in [0.717, 1.165) is 17.0 Å². The molecule has 0 aliphatic carbocycles. The molecular weight excluding hydrogens is 278 g/mol. The number of aryl methyl sites for hydroxylation is 2. The van der Waals surface area contributed by atoms with Gasteiger partial charge in [0.2, 0.25) is 0 Å². The van der Waals surface area contributed by atoms with E-state index in [4.69, 9.17) is 4.74 Å². The smallest absolute Gasteiger partial charge is 0.129 e. The summed E-state index contributed by atoms with van der Waals surface area (Å²) >= 11 is 1.60. The van der Waals surface area contributed by atoms with Gasteiger partial charge in [0.1, 0.15) is 12.4 Å². The molecule has 106 valence electrons. The van der Waals surface area contributed by atoms with Crippen molar-refractivity contribution in [1.82, 2.24) is 4.98 Å². The summed E-state index contributed by atoms with van der Waals surface area (Å²) in [5.41, 5.74) is 7.55. The number of thiazole rings is 1. The van der Waals surface area contributed by atoms with Crippen molar-refractivity contribution in [3.8, 4) is 17.0 Å². The van der Waals surface area contributed by atoms with Crippen molar-refractivity contribution in [3.05, 3.63) is 70.0 Å². The zero-order valence-electron chi connectivity index (χ0n) is 12.2. The number of aromatic nitrogens is 1. The third-order valence-electron chi connectivity index (χ3n) is 3.54. The number of ether oxygens (including phenoxy) is 1. The molecule has 0 aliphatic rings. The third-order valence-corrected chi connectivity index (χ3v) is 4.13. The average Bonchev–Trinajstić information content (AvgIpc) is 3.03. The lowest BCUT2D eigenvalue weighted by molar-refractivity contribution is 0.307. The normalized spacial score (nSPS) is 10.6. The fourth-order valence-corrected chi connectivity index (χ4v) is 2.74. The molecule has 0 amide bonds. The Morgan fingerprint density at radius 3 is 2.52 bits per heavy atom. The summed E-state index contributed by atoms with van der Waals surface area (Å²) in [6.07, 6.45) is 0. The van der Waals surface area contributed by atoms with Gasteiger partial charge in [0.25, 0.3) is 0 Å². The van der Waals surface area contributed by atoms with Crippen LogP contribution in [-0.4, -0.2) is 4.98 Å². The summed E-state index contributed by atoms with van der Waals surface area (Å²) in [6, 6.07) is 14.5. The fourth-order valence-electron chi connectivity index (χ4n) is 2.19. The SMILES string of the molecule is Cc1cc(OCc2ccccc2)c(-c2cscn2)cc1C. The fraction of sp³-hybridized carbons (Fsp3) is 0.167. The largest absolute Gasteiger partial charge is 0.488 e. The molecule has 1 heterocycles. The number of nitrogens with zero attached hydrogens (tertiary/aromatic N) is 1. The topological polar surface area (TPSA) is 22.1 Å². The van der Waals surface area contributed by atoms with Crippen molar-refractivity contribution in [1.29, 1.82) is 0 Å². The molecular formula is C18H17NOS. The lowest BCUT2D eigenvalue weighted by Crippen LogP contribution is -1.98. The van der Waals surface area contributed by atoms with Gasteiger partial charge in [0.05, 0.1) is 11.2 Å². The lowest BCUT2D eigenvalue weighted by atomic mass is 10.0. The molecule has 0 atom stereocenters. The van der Waals surface area contributed by atoms with Crippen LogP contribution < -0.4 is 4.74 Å². The average molecular weight is 295 g/mol. The Morgan fingerprint density at radius 1 is 1.05 bits per heavy atom. The molecule has 2 nitrogen and oxygen atoms in total. The second-order valence-electron chi connectivity index (χ2n) is 5.08. The van der Waals surface area contributed by atoms with Gasteiger partial charge in [-0.1, -0.05) is 30.3 Å². The number of benzene rings is 2. The minimum atomic E-state index is 0.570. The quantitative estimate of drug-likeness (QED) is 0.675. The zero-order valence-corrected chi connectivity index (χ0v) is 13.0. The Morgan fingerprint density at radius 2 is 1.81 bits per heavy atom. The molecule has 0 fully saturated rings. The van der Waals surface area contributed by atoms with Crippen LogP contribution in [0.15, 0.2) is 53.4 Å². The molecule has 0 saturated carbocycles. The van der Waals surface area contributed by atoms with E-state index in [9.17, 15) is 0 Å². The van der Waals surface area contributed by atoms with Crippen LogP contribution in [0.4, 0.5) is 0 Å². The second kappa shape index (κ2) is 6.10. The van der Waals surface area contributed by atoms with E-state index < -0.39 is 0 Å². The maximum atomic E-state index is 6.05. The molecule has 3 rings (SSSR count). The van der Waals surface area contributed by atoms with Gasteiger partial charge in [0.15, 0.2) is 0 Å². The van der Waals surface area contributed by atoms with Crippen molar-refractivity contribution in [3.63, 3.8) is 0 Å². The summed E-state index contributed by atoms with van der Waals surface area (Å²) in [5, 5.41) is 2.06. The highest BCUT2D eigenvalue weighted by Gasteiger charge is 2.11. The molecule has 0 unspecified atom stereocenters. The minimum Gasteiger partial charge on any atom is -0.488 e. The van der Waals surface area contributed by atoms with Gasteiger partial charge in [-0.3, -0.25) is 0 Å². The first-order valence-corrected chi connectivity index (χ1v) is 7.85. The van der Waals surface area contributed by atoms with Crippen LogP contribution in [0.3, 0.4) is 0 Å². The summed E-state index contributed by atoms with van der Waals surface area (Å²) < 4.78 is 6.05. The summed E-state index contributed by atoms with van der Waals surface area (Å²) in [6.45, 7) is 4.79. The minimum absolute atomic E-state index is 0.570. The maximum absolute atomic E-state index is 6.05. The zero-order chi connectivity index (χ0) is 14.7. The van der Waals surface area contributed by atoms with Crippen LogP contribution in [0.1, 0.15) is 16.7 Å². The maximum Gasteiger partial charge on any atom is 0.129 e. The van der Waals surface area contributed by atoms with Gasteiger partial charge < -0.3 is 4.74 Å². The van der Waals surface area contributed by atoms with Gasteiger partial charge in [0, 0.05) is 10.9 Å². The molecule has 1 aromatic heterocycles. The molecule has 0 saturated heterocycles. The van der Waals surface area contributed by atoms with E-state index in [0.29, 0.717) is 6.61 Å². The highest BCUT2D eigenvalue weighted by molar-refractivity contribution is 7.07. The van der Waals surface area contributed by atoms with Crippen LogP contribution in [0.5, 0.6) is 5.75 Å². The molecule has 0 N–H and O–H groups in total. The van der Waals surface area contributed by atoms with Crippen LogP contribution in [0, 0.1) is 13.8 Å². The molecule has 0 aliphatic heterocycles. The highest BCUT2D eigenvalue weighted by Crippen LogP contribution is 2.33. The Hall–Kier alpha value is -2.13. The Kier molecular flexibility index (Phi) is 4.02. The second-order valence-corrected chi connectivity index (χ2v) is 5.80. The first-order valence-electron chi connectivity index (χ1n) is 6.90. The predicted octanol–water partition coefficient (Wildman–Crippen LogP) is 5.01. The molecule has 3 aromatic rings. The van der Waals surface area contributed by atoms with Crippen LogP contribution in [-0.2, 0) is 6.61 Å². The lowest BCUT2D eigenvalue weighted by Gasteiger charge is -2.13. The van der Waals surface area contributed by atoms with E-state index in [-0.39, 0.29) is 0 Å². The summed E-state index contributed by atoms with van der Waals surface area (Å²) in [4.78, 5) is 4.41. The van der Waals surface area contributed by atoms with E-state index in [1.54, 1.807) is 11.3 Å². The van der Waals surface area contributed by atoms with Crippen LogP contribution in [0.2, 0.25) is 0 Å². The molecule has 21 heavy (non-hydrogen) atoms. The summed E-state index contributed by atoms with van der Waals surface area (Å²) in [5.74, 6) is 0.896. The van der Waals surface area contributed by atoms with Gasteiger partial charge in [-0.2, -0.15) is 0 Å². The molecule has 0 spiro atoms. The van der Waals surface area contributed by atoms with Crippen LogP contribution in [0.25, 0.3) is 11.3 Å². The van der Waals surface area contributed by atoms with Crippen molar-refractivity contribution < 1.29 is 4.74 Å². The molecule has 3 heteroatoms. The summed E-state index contributed by atoms with van der Waals surface area (Å²) in [7, 11) is 0. The van der Waals surface area contributed by atoms with Crippen molar-refractivity contribution in [2.75, 3.05) is 0 Å². The Labute approximate surface area is 129 Å². The Balaban J connectivity index is 1.92. The van der Waals surface area contributed by atoms with Crippen molar-refractivity contribution >= 4 is 11.3 Å². The van der Waals surface area contributed by atoms with E-state index in [1.807, 2.05) is 23.7 Å². The van der Waals surface area contributed by atoms with Crippen molar-refractivity contribution in [2.24, 2.45) is 0 Å². The Bertz CT molecular complexity index is 720. The standard InChI is InChI=1S/C18H17NOS/c1-13-8-16(17-11-21-12-19-17)18(9-14(13)2)20-10-15-6-4-3-5-7-15/h3-9,11-12H,10H2,1-2H3. The first kappa shape index (κ1) is 13.8. The van der Waals surface area contributed by atoms with Gasteiger partial charge in [-0.05, 0) is 42.7 Å². The number of hydrogen-bond acceptors (Lipinski definition) is 3. The van der Waals surface area contributed by atoms with Gasteiger partial charge in [-0.15, -0.1) is 11.3 Å². The monoisotopic (exact) mass is 295 g/mol. The van der Waals surface area contributed by atoms with Gasteiger partial charge >= 0.3 is 0 Å². The van der Waals surface area contributed by atoms with E-state index >= 15 is 0 Å². The third kappa shape index (κ3) is 3.14. The van der Waals surface area contributed by atoms with E-state index in [1.165, 1.54) is 16.7 Å². The highest BCUT2D eigenvalue weighted by atomic mass is 32.1. The molecule has 2 aromatic carbocycles.